The predicted molar refractivity (Wildman–Crippen MR) is 129 cm³/mol. The summed E-state index contributed by atoms with van der Waals surface area (Å²) in [7, 11) is 1.62. The zero-order valence-electron chi connectivity index (χ0n) is 18.4. The molecule has 0 spiro atoms. The van der Waals surface area contributed by atoms with Crippen molar-refractivity contribution in [2.45, 2.75) is 45.0 Å². The molecule has 1 N–H and O–H groups in total. The first-order valence-electron chi connectivity index (χ1n) is 10.5. The molecule has 0 radical (unpaired) electrons. The molecule has 2 aromatic rings. The first kappa shape index (κ1) is 25.1. The van der Waals surface area contributed by atoms with E-state index in [1.54, 1.807) is 12.0 Å². The predicted octanol–water partition coefficient (Wildman–Crippen LogP) is 4.92. The van der Waals surface area contributed by atoms with Crippen molar-refractivity contribution in [3.63, 3.8) is 0 Å². The van der Waals surface area contributed by atoms with Crippen LogP contribution < -0.4 is 10.1 Å². The smallest absolute Gasteiger partial charge is 0.242 e. The molecular formula is C24H31ClN2O3S. The molecule has 2 rings (SSSR count). The molecule has 1 atom stereocenters. The second-order valence-electron chi connectivity index (χ2n) is 7.20. The number of nitrogens with zero attached hydrogens (tertiary/aromatic N) is 1. The third kappa shape index (κ3) is 8.11. The summed E-state index contributed by atoms with van der Waals surface area (Å²) in [6.07, 6.45) is 1.41. The van der Waals surface area contributed by atoms with Crippen molar-refractivity contribution < 1.29 is 14.3 Å². The lowest BCUT2D eigenvalue weighted by Gasteiger charge is -2.30. The van der Waals surface area contributed by atoms with Crippen LogP contribution in [-0.4, -0.2) is 42.2 Å². The summed E-state index contributed by atoms with van der Waals surface area (Å²) < 4.78 is 5.22. The van der Waals surface area contributed by atoms with Crippen molar-refractivity contribution in [2.24, 2.45) is 0 Å². The monoisotopic (exact) mass is 462 g/mol. The summed E-state index contributed by atoms with van der Waals surface area (Å²) in [5.74, 6) is 1.61. The highest BCUT2D eigenvalue weighted by Crippen LogP contribution is 2.20. The Balaban J connectivity index is 2.10. The Labute approximate surface area is 194 Å². The summed E-state index contributed by atoms with van der Waals surface area (Å²) in [6.45, 7) is 4.92. The van der Waals surface area contributed by atoms with Gasteiger partial charge in [-0.2, -0.15) is 0 Å². The van der Waals surface area contributed by atoms with Crippen LogP contribution >= 0.6 is 23.4 Å². The average Bonchev–Trinajstić information content (AvgIpc) is 2.79. The topological polar surface area (TPSA) is 58.6 Å². The minimum absolute atomic E-state index is 0.0479. The lowest BCUT2D eigenvalue weighted by Crippen LogP contribution is -2.49. The molecule has 5 nitrogen and oxygen atoms in total. The standard InChI is InChI=1S/C24H31ClN2O3S/c1-4-14-26-24(29)22(5-2)27(15-18-8-12-21(30-3)13-9-18)23(28)17-31-16-19-6-10-20(25)11-7-19/h6-13,22H,4-5,14-17H2,1-3H3,(H,26,29)/t22-/m0/s1. The number of carbonyl (C=O) groups excluding carboxylic acids is 2. The van der Waals surface area contributed by atoms with Crippen molar-refractivity contribution >= 4 is 35.2 Å². The van der Waals surface area contributed by atoms with E-state index >= 15 is 0 Å². The summed E-state index contributed by atoms with van der Waals surface area (Å²) in [6, 6.07) is 14.7. The fraction of sp³-hybridized carbons (Fsp3) is 0.417. The maximum Gasteiger partial charge on any atom is 0.242 e. The molecule has 31 heavy (non-hydrogen) atoms. The molecule has 0 unspecified atom stereocenters. The number of amides is 2. The molecular weight excluding hydrogens is 432 g/mol. The molecule has 0 saturated carbocycles. The summed E-state index contributed by atoms with van der Waals surface area (Å²) in [4.78, 5) is 27.6. The van der Waals surface area contributed by atoms with E-state index in [4.69, 9.17) is 16.3 Å². The number of hydrogen-bond donors (Lipinski definition) is 1. The number of rotatable bonds is 12. The fourth-order valence-corrected chi connectivity index (χ4v) is 4.13. The minimum atomic E-state index is -0.503. The normalized spacial score (nSPS) is 11.6. The Morgan fingerprint density at radius 3 is 2.29 bits per heavy atom. The number of ether oxygens (including phenoxy) is 1. The summed E-state index contributed by atoms with van der Waals surface area (Å²) >= 11 is 7.47. The van der Waals surface area contributed by atoms with E-state index in [0.29, 0.717) is 36.0 Å². The Morgan fingerprint density at radius 1 is 1.06 bits per heavy atom. The number of thioether (sulfide) groups is 1. The van der Waals surface area contributed by atoms with Crippen molar-refractivity contribution in [3.05, 3.63) is 64.7 Å². The van der Waals surface area contributed by atoms with Crippen molar-refractivity contribution in [1.29, 1.82) is 0 Å². The average molecular weight is 463 g/mol. The highest BCUT2D eigenvalue weighted by atomic mass is 35.5. The molecule has 0 aliphatic rings. The van der Waals surface area contributed by atoms with Gasteiger partial charge in [-0.3, -0.25) is 9.59 Å². The molecule has 0 bridgehead atoms. The van der Waals surface area contributed by atoms with E-state index in [0.717, 1.165) is 23.3 Å². The highest BCUT2D eigenvalue weighted by molar-refractivity contribution is 7.99. The lowest BCUT2D eigenvalue weighted by molar-refractivity contribution is -0.139. The maximum atomic E-state index is 13.2. The van der Waals surface area contributed by atoms with Crippen LogP contribution in [0, 0.1) is 0 Å². The fourth-order valence-electron chi connectivity index (χ4n) is 3.13. The van der Waals surface area contributed by atoms with Crippen LogP contribution in [0.15, 0.2) is 48.5 Å². The number of carbonyl (C=O) groups is 2. The van der Waals surface area contributed by atoms with Crippen LogP contribution in [0.2, 0.25) is 5.02 Å². The summed E-state index contributed by atoms with van der Waals surface area (Å²) in [5.41, 5.74) is 2.07. The van der Waals surface area contributed by atoms with E-state index in [1.807, 2.05) is 62.4 Å². The van der Waals surface area contributed by atoms with E-state index in [2.05, 4.69) is 5.32 Å². The zero-order valence-corrected chi connectivity index (χ0v) is 20.0. The third-order valence-corrected chi connectivity index (χ3v) is 6.10. The number of methoxy groups -OCH3 is 1. The van der Waals surface area contributed by atoms with Gasteiger partial charge in [-0.25, -0.2) is 0 Å². The van der Waals surface area contributed by atoms with Crippen LogP contribution in [0.1, 0.15) is 37.8 Å². The van der Waals surface area contributed by atoms with Gasteiger partial charge in [0.25, 0.3) is 0 Å². The summed E-state index contributed by atoms with van der Waals surface area (Å²) in [5, 5.41) is 3.63. The van der Waals surface area contributed by atoms with Crippen molar-refractivity contribution in [2.75, 3.05) is 19.4 Å². The Morgan fingerprint density at radius 2 is 1.71 bits per heavy atom. The molecule has 0 aliphatic carbocycles. The van der Waals surface area contributed by atoms with Gasteiger partial charge in [0.15, 0.2) is 0 Å². The van der Waals surface area contributed by atoms with Gasteiger partial charge >= 0.3 is 0 Å². The maximum absolute atomic E-state index is 13.2. The van der Waals surface area contributed by atoms with Crippen LogP contribution in [0.3, 0.4) is 0 Å². The van der Waals surface area contributed by atoms with Gasteiger partial charge in [0.05, 0.1) is 12.9 Å². The number of halogens is 1. The second-order valence-corrected chi connectivity index (χ2v) is 8.63. The zero-order chi connectivity index (χ0) is 22.6. The Kier molecular flexibility index (Phi) is 10.7. The largest absolute Gasteiger partial charge is 0.497 e. The number of hydrogen-bond acceptors (Lipinski definition) is 4. The number of benzene rings is 2. The van der Waals surface area contributed by atoms with E-state index in [-0.39, 0.29) is 11.8 Å². The van der Waals surface area contributed by atoms with Crippen LogP contribution in [0.4, 0.5) is 0 Å². The van der Waals surface area contributed by atoms with E-state index in [1.165, 1.54) is 11.8 Å². The van der Waals surface area contributed by atoms with E-state index < -0.39 is 6.04 Å². The van der Waals surface area contributed by atoms with Gasteiger partial charge in [0.2, 0.25) is 11.8 Å². The molecule has 0 heterocycles. The van der Waals surface area contributed by atoms with E-state index in [9.17, 15) is 9.59 Å². The van der Waals surface area contributed by atoms with Gasteiger partial charge in [-0.05, 0) is 48.2 Å². The SMILES string of the molecule is CCCNC(=O)[C@H](CC)N(Cc1ccc(OC)cc1)C(=O)CSCc1ccc(Cl)cc1. The van der Waals surface area contributed by atoms with Crippen molar-refractivity contribution in [3.8, 4) is 5.75 Å². The van der Waals surface area contributed by atoms with Gasteiger partial charge in [-0.1, -0.05) is 49.7 Å². The Bertz CT molecular complexity index is 828. The van der Waals surface area contributed by atoms with Crippen LogP contribution in [0.5, 0.6) is 5.75 Å². The first-order valence-corrected chi connectivity index (χ1v) is 12.0. The minimum Gasteiger partial charge on any atom is -0.497 e. The Hall–Kier alpha value is -2.18. The van der Waals surface area contributed by atoms with Gasteiger partial charge in [0.1, 0.15) is 11.8 Å². The first-order chi connectivity index (χ1) is 15.0. The third-order valence-electron chi connectivity index (χ3n) is 4.85. The van der Waals surface area contributed by atoms with Gasteiger partial charge < -0.3 is 15.0 Å². The molecule has 7 heteroatoms. The molecule has 168 valence electrons. The van der Waals surface area contributed by atoms with Gasteiger partial charge in [-0.15, -0.1) is 11.8 Å². The molecule has 0 aromatic heterocycles. The molecule has 0 fully saturated rings. The lowest BCUT2D eigenvalue weighted by atomic mass is 10.1. The quantitative estimate of drug-likeness (QED) is 0.486. The molecule has 0 saturated heterocycles. The number of nitrogens with one attached hydrogen (secondary N) is 1. The molecule has 2 aromatic carbocycles. The van der Waals surface area contributed by atoms with Crippen LogP contribution in [0.25, 0.3) is 0 Å². The second kappa shape index (κ2) is 13.3. The van der Waals surface area contributed by atoms with Crippen LogP contribution in [-0.2, 0) is 21.9 Å². The highest BCUT2D eigenvalue weighted by Gasteiger charge is 2.28. The van der Waals surface area contributed by atoms with Gasteiger partial charge in [0, 0.05) is 23.9 Å². The molecule has 0 aliphatic heterocycles. The van der Waals surface area contributed by atoms with Crippen molar-refractivity contribution in [1.82, 2.24) is 10.2 Å². The molecule has 2 amide bonds.